The standard InChI is InChI=1S/C13H20N2O4S/c1-4-8-15(5-2)20(17,18)12-7-6-10(9-11(12)14)13(16)19-3/h6-7,9H,4-5,8,14H2,1-3H3. The zero-order valence-corrected chi connectivity index (χ0v) is 12.7. The van der Waals surface area contributed by atoms with Crippen LogP contribution < -0.4 is 5.73 Å². The second-order valence-electron chi connectivity index (χ2n) is 4.24. The maximum atomic E-state index is 12.5. The van der Waals surface area contributed by atoms with Crippen molar-refractivity contribution in [2.24, 2.45) is 0 Å². The fourth-order valence-corrected chi connectivity index (χ4v) is 3.50. The number of sulfonamides is 1. The molecule has 0 fully saturated rings. The minimum absolute atomic E-state index is 0.0143. The highest BCUT2D eigenvalue weighted by atomic mass is 32.2. The van der Waals surface area contributed by atoms with Crippen molar-refractivity contribution in [1.82, 2.24) is 4.31 Å². The van der Waals surface area contributed by atoms with Crippen LogP contribution in [0.4, 0.5) is 5.69 Å². The van der Waals surface area contributed by atoms with Gasteiger partial charge in [0.05, 0.1) is 18.4 Å². The van der Waals surface area contributed by atoms with Crippen LogP contribution in [0.15, 0.2) is 23.1 Å². The van der Waals surface area contributed by atoms with Crippen molar-refractivity contribution in [3.63, 3.8) is 0 Å². The van der Waals surface area contributed by atoms with Crippen molar-refractivity contribution in [3.05, 3.63) is 23.8 Å². The summed E-state index contributed by atoms with van der Waals surface area (Å²) in [7, 11) is -2.38. The smallest absolute Gasteiger partial charge is 0.337 e. The van der Waals surface area contributed by atoms with Gasteiger partial charge < -0.3 is 10.5 Å². The fourth-order valence-electron chi connectivity index (χ4n) is 1.86. The van der Waals surface area contributed by atoms with Crippen LogP contribution in [0.25, 0.3) is 0 Å². The summed E-state index contributed by atoms with van der Waals surface area (Å²) in [5.41, 5.74) is 6.04. The molecule has 1 aromatic carbocycles. The first-order valence-electron chi connectivity index (χ1n) is 6.36. The molecule has 0 aliphatic carbocycles. The van der Waals surface area contributed by atoms with Gasteiger partial charge in [0.25, 0.3) is 0 Å². The molecule has 112 valence electrons. The lowest BCUT2D eigenvalue weighted by Crippen LogP contribution is -2.32. The van der Waals surface area contributed by atoms with Crippen molar-refractivity contribution in [3.8, 4) is 0 Å². The van der Waals surface area contributed by atoms with Crippen LogP contribution in [0.3, 0.4) is 0 Å². The Morgan fingerprint density at radius 3 is 2.45 bits per heavy atom. The van der Waals surface area contributed by atoms with Gasteiger partial charge in [-0.25, -0.2) is 13.2 Å². The Hall–Kier alpha value is -1.60. The second-order valence-corrected chi connectivity index (χ2v) is 6.15. The average molecular weight is 300 g/mol. The molecule has 7 heteroatoms. The summed E-state index contributed by atoms with van der Waals surface area (Å²) in [5.74, 6) is -0.554. The SMILES string of the molecule is CCCN(CC)S(=O)(=O)c1ccc(C(=O)OC)cc1N. The van der Waals surface area contributed by atoms with Gasteiger partial charge in [-0.3, -0.25) is 0 Å². The van der Waals surface area contributed by atoms with Crippen molar-refractivity contribution in [1.29, 1.82) is 0 Å². The Morgan fingerprint density at radius 2 is 2.00 bits per heavy atom. The molecule has 1 rings (SSSR count). The van der Waals surface area contributed by atoms with E-state index in [-0.39, 0.29) is 16.1 Å². The quantitative estimate of drug-likeness (QED) is 0.635. The molecule has 0 aliphatic rings. The molecule has 20 heavy (non-hydrogen) atoms. The second kappa shape index (κ2) is 6.71. The van der Waals surface area contributed by atoms with Crippen LogP contribution in [-0.4, -0.2) is 38.9 Å². The molecule has 1 aromatic rings. The number of nitrogen functional groups attached to an aromatic ring is 1. The Labute approximate surface area is 119 Å². The molecule has 0 heterocycles. The molecule has 0 spiro atoms. The van der Waals surface area contributed by atoms with Crippen LogP contribution in [0.5, 0.6) is 0 Å². The van der Waals surface area contributed by atoms with E-state index < -0.39 is 16.0 Å². The molecule has 0 unspecified atom stereocenters. The van der Waals surface area contributed by atoms with Crippen molar-refractivity contribution >= 4 is 21.7 Å². The van der Waals surface area contributed by atoms with E-state index in [1.807, 2.05) is 6.92 Å². The lowest BCUT2D eigenvalue weighted by molar-refractivity contribution is 0.0600. The Kier molecular flexibility index (Phi) is 5.52. The van der Waals surface area contributed by atoms with Gasteiger partial charge in [-0.15, -0.1) is 0 Å². The summed E-state index contributed by atoms with van der Waals surface area (Å²) in [6.07, 6.45) is 0.715. The third kappa shape index (κ3) is 3.29. The van der Waals surface area contributed by atoms with Crippen LogP contribution in [-0.2, 0) is 14.8 Å². The highest BCUT2D eigenvalue weighted by Gasteiger charge is 2.25. The van der Waals surface area contributed by atoms with E-state index in [1.165, 1.54) is 29.6 Å². The van der Waals surface area contributed by atoms with E-state index in [4.69, 9.17) is 5.73 Å². The molecular formula is C13H20N2O4S. The van der Waals surface area contributed by atoms with Crippen LogP contribution in [0, 0.1) is 0 Å². The normalized spacial score (nSPS) is 11.6. The van der Waals surface area contributed by atoms with Gasteiger partial charge in [0.2, 0.25) is 10.0 Å². The Balaban J connectivity index is 3.23. The number of nitrogens with two attached hydrogens (primary N) is 1. The molecule has 0 atom stereocenters. The molecular weight excluding hydrogens is 280 g/mol. The van der Waals surface area contributed by atoms with E-state index in [0.29, 0.717) is 19.5 Å². The summed E-state index contributed by atoms with van der Waals surface area (Å²) >= 11 is 0. The number of nitrogens with zero attached hydrogens (tertiary/aromatic N) is 1. The number of rotatable bonds is 6. The molecule has 2 N–H and O–H groups in total. The predicted molar refractivity (Wildman–Crippen MR) is 76.9 cm³/mol. The lowest BCUT2D eigenvalue weighted by Gasteiger charge is -2.20. The summed E-state index contributed by atoms with van der Waals surface area (Å²) in [4.78, 5) is 11.4. The van der Waals surface area contributed by atoms with E-state index in [2.05, 4.69) is 4.74 Å². The number of hydrogen-bond donors (Lipinski definition) is 1. The lowest BCUT2D eigenvalue weighted by atomic mass is 10.2. The monoisotopic (exact) mass is 300 g/mol. The van der Waals surface area contributed by atoms with E-state index in [0.717, 1.165) is 0 Å². The van der Waals surface area contributed by atoms with Gasteiger partial charge in [0, 0.05) is 13.1 Å². The summed E-state index contributed by atoms with van der Waals surface area (Å²) < 4.78 is 30.8. The third-order valence-electron chi connectivity index (χ3n) is 2.87. The number of ether oxygens (including phenoxy) is 1. The van der Waals surface area contributed by atoms with Crippen molar-refractivity contribution in [2.75, 3.05) is 25.9 Å². The number of benzene rings is 1. The predicted octanol–water partition coefficient (Wildman–Crippen LogP) is 1.48. The first-order chi connectivity index (χ1) is 9.38. The van der Waals surface area contributed by atoms with Gasteiger partial charge >= 0.3 is 5.97 Å². The maximum absolute atomic E-state index is 12.5. The number of methoxy groups -OCH3 is 1. The summed E-state index contributed by atoms with van der Waals surface area (Å²) in [5, 5.41) is 0. The van der Waals surface area contributed by atoms with Crippen molar-refractivity contribution < 1.29 is 17.9 Å². The highest BCUT2D eigenvalue weighted by Crippen LogP contribution is 2.24. The van der Waals surface area contributed by atoms with Crippen LogP contribution >= 0.6 is 0 Å². The maximum Gasteiger partial charge on any atom is 0.337 e. The Morgan fingerprint density at radius 1 is 1.35 bits per heavy atom. The minimum Gasteiger partial charge on any atom is -0.465 e. The molecule has 0 aromatic heterocycles. The van der Waals surface area contributed by atoms with Gasteiger partial charge in [-0.05, 0) is 24.6 Å². The fraction of sp³-hybridized carbons (Fsp3) is 0.462. The van der Waals surface area contributed by atoms with E-state index in [1.54, 1.807) is 6.92 Å². The Bertz CT molecular complexity index is 584. The largest absolute Gasteiger partial charge is 0.465 e. The topological polar surface area (TPSA) is 89.7 Å². The molecule has 0 saturated heterocycles. The number of esters is 1. The van der Waals surface area contributed by atoms with Gasteiger partial charge in [-0.1, -0.05) is 13.8 Å². The zero-order chi connectivity index (χ0) is 15.3. The number of carbonyl (C=O) groups excluding carboxylic acids is 1. The minimum atomic E-state index is -3.64. The number of anilines is 1. The zero-order valence-electron chi connectivity index (χ0n) is 11.9. The molecule has 0 aliphatic heterocycles. The van der Waals surface area contributed by atoms with Crippen LogP contribution in [0.1, 0.15) is 30.6 Å². The van der Waals surface area contributed by atoms with Gasteiger partial charge in [0.15, 0.2) is 0 Å². The molecule has 0 radical (unpaired) electrons. The van der Waals surface area contributed by atoms with Crippen LogP contribution in [0.2, 0.25) is 0 Å². The van der Waals surface area contributed by atoms with Gasteiger partial charge in [0.1, 0.15) is 4.90 Å². The molecule has 0 bridgehead atoms. The highest BCUT2D eigenvalue weighted by molar-refractivity contribution is 7.89. The third-order valence-corrected chi connectivity index (χ3v) is 4.92. The number of hydrogen-bond acceptors (Lipinski definition) is 5. The molecule has 6 nitrogen and oxygen atoms in total. The van der Waals surface area contributed by atoms with E-state index in [9.17, 15) is 13.2 Å². The first-order valence-corrected chi connectivity index (χ1v) is 7.80. The summed E-state index contributed by atoms with van der Waals surface area (Å²) in [6.45, 7) is 4.47. The van der Waals surface area contributed by atoms with Crippen molar-refractivity contribution in [2.45, 2.75) is 25.2 Å². The molecule has 0 amide bonds. The first kappa shape index (κ1) is 16.5. The average Bonchev–Trinajstić information content (AvgIpc) is 2.43. The summed E-state index contributed by atoms with van der Waals surface area (Å²) in [6, 6.07) is 4.06. The number of carbonyl (C=O) groups is 1. The van der Waals surface area contributed by atoms with Gasteiger partial charge in [-0.2, -0.15) is 4.31 Å². The van der Waals surface area contributed by atoms with E-state index >= 15 is 0 Å². The molecule has 0 saturated carbocycles.